The highest BCUT2D eigenvalue weighted by atomic mass is 16.6. The van der Waals surface area contributed by atoms with Crippen LogP contribution in [0.25, 0.3) is 17.1 Å². The molecule has 1 aliphatic heterocycles. The van der Waals surface area contributed by atoms with E-state index in [4.69, 9.17) is 4.74 Å². The minimum Gasteiger partial charge on any atom is -0.508 e. The molecule has 18 nitrogen and oxygen atoms in total. The van der Waals surface area contributed by atoms with Crippen LogP contribution in [0.15, 0.2) is 79.3 Å². The smallest absolute Gasteiger partial charge is 0.475 e. The second-order valence-corrected chi connectivity index (χ2v) is 15.7. The third kappa shape index (κ3) is 11.2. The van der Waals surface area contributed by atoms with Crippen molar-refractivity contribution in [2.45, 2.75) is 65.0 Å². The maximum absolute atomic E-state index is 13.4. The first-order valence-corrected chi connectivity index (χ1v) is 20.0. The zero-order chi connectivity index (χ0) is 43.8. The lowest BCUT2D eigenvalue weighted by atomic mass is 9.75. The van der Waals surface area contributed by atoms with Crippen molar-refractivity contribution in [2.24, 2.45) is 5.92 Å². The van der Waals surface area contributed by atoms with E-state index in [9.17, 15) is 39.8 Å². The quantitative estimate of drug-likeness (QED) is 0.0749. The number of carbonyl (C=O) groups excluding carboxylic acids is 3. The average Bonchev–Trinajstić information content (AvgIpc) is 3.61. The van der Waals surface area contributed by atoms with Crippen molar-refractivity contribution in [3.63, 3.8) is 0 Å². The lowest BCUT2D eigenvalue weighted by Crippen LogP contribution is -2.55. The number of aromatic nitrogens is 5. The Morgan fingerprint density at radius 3 is 2.15 bits per heavy atom. The SMILES string of the molecule is CC(C)C[C@H](NC(=O)C(Cc1ccc(OC(=O)N2CCN(Cc3ccc(-n4c(O)nnc4-c4cc(C(C)C)c(O)cc4O)cc3)CC2)cc1)NC(=O)c1cnccn1)B(O)O. The monoisotopic (exact) mass is 835 g/mol. The predicted octanol–water partition coefficient (Wildman–Crippen LogP) is 3.17. The van der Waals surface area contributed by atoms with Crippen LogP contribution >= 0.6 is 0 Å². The molecule has 2 aromatic heterocycles. The number of nitrogens with one attached hydrogen (secondary N) is 2. The largest absolute Gasteiger partial charge is 0.508 e. The van der Waals surface area contributed by atoms with E-state index < -0.39 is 37.0 Å². The van der Waals surface area contributed by atoms with Crippen LogP contribution in [0.3, 0.4) is 0 Å². The molecule has 7 N–H and O–H groups in total. The van der Waals surface area contributed by atoms with Gasteiger partial charge in [0, 0.05) is 57.6 Å². The van der Waals surface area contributed by atoms with Crippen LogP contribution in [-0.4, -0.2) is 123 Å². The fourth-order valence-electron chi connectivity index (χ4n) is 7.02. The summed E-state index contributed by atoms with van der Waals surface area (Å²) in [5, 5.41) is 64.6. The molecule has 1 aliphatic rings. The number of carbonyl (C=O) groups is 3. The van der Waals surface area contributed by atoms with Crippen molar-refractivity contribution in [1.82, 2.24) is 45.2 Å². The summed E-state index contributed by atoms with van der Waals surface area (Å²) in [6.07, 6.45) is 3.88. The number of nitrogens with zero attached hydrogens (tertiary/aromatic N) is 7. The molecular formula is C42H50BN9O9. The molecule has 61 heavy (non-hydrogen) atoms. The minimum absolute atomic E-state index is 0.00890. The Labute approximate surface area is 353 Å². The van der Waals surface area contributed by atoms with E-state index in [1.54, 1.807) is 35.2 Å². The molecule has 19 heteroatoms. The number of amides is 3. The topological polar surface area (TPSA) is 249 Å². The molecule has 0 spiro atoms. The Kier molecular flexibility index (Phi) is 14.2. The third-order valence-electron chi connectivity index (χ3n) is 10.3. The fraction of sp³-hybridized carbons (Fsp3) is 0.357. The number of aromatic hydroxyl groups is 3. The molecule has 5 aromatic rings. The Bertz CT molecular complexity index is 2280. The molecule has 1 fully saturated rings. The van der Waals surface area contributed by atoms with Crippen molar-refractivity contribution in [2.75, 3.05) is 26.2 Å². The van der Waals surface area contributed by atoms with E-state index in [2.05, 4.69) is 35.7 Å². The summed E-state index contributed by atoms with van der Waals surface area (Å²) in [6, 6.07) is 15.5. The third-order valence-corrected chi connectivity index (χ3v) is 10.3. The zero-order valence-electron chi connectivity index (χ0n) is 34.3. The molecule has 0 bridgehead atoms. The summed E-state index contributed by atoms with van der Waals surface area (Å²) in [5.74, 6) is -1.88. The van der Waals surface area contributed by atoms with Gasteiger partial charge in [0.15, 0.2) is 5.82 Å². The van der Waals surface area contributed by atoms with Gasteiger partial charge in [0.05, 0.1) is 23.4 Å². The van der Waals surface area contributed by atoms with Crippen LogP contribution in [0.4, 0.5) is 4.79 Å². The van der Waals surface area contributed by atoms with Gasteiger partial charge in [0.2, 0.25) is 5.91 Å². The molecule has 1 unspecified atom stereocenters. The summed E-state index contributed by atoms with van der Waals surface area (Å²) in [6.45, 7) is 10.3. The van der Waals surface area contributed by atoms with Crippen LogP contribution in [0.2, 0.25) is 0 Å². The number of piperazine rings is 1. The van der Waals surface area contributed by atoms with Crippen molar-refractivity contribution >= 4 is 25.0 Å². The Hall–Kier alpha value is -6.57. The lowest BCUT2D eigenvalue weighted by Gasteiger charge is -2.34. The molecule has 0 aliphatic carbocycles. The number of ether oxygens (including phenoxy) is 1. The Morgan fingerprint density at radius 1 is 0.836 bits per heavy atom. The van der Waals surface area contributed by atoms with Crippen LogP contribution in [0, 0.1) is 5.92 Å². The molecule has 320 valence electrons. The molecule has 2 atom stereocenters. The standard InChI is InChI=1S/C42H50BN9O9/c1-25(2)19-37(43(59)60)47-39(55)33(46-40(56)34-23-44-13-14-45-34)20-27-7-11-30(12-8-27)61-42(58)51-17-15-50(16-18-51)24-28-5-9-29(10-6-28)52-38(48-49-41(52)57)32-21-31(26(3)4)35(53)22-36(32)54/h5-14,21-23,25-26,33,37,53-54,59-60H,15-20,24H2,1-4H3,(H,46,56)(H,47,55)(H,49,57)/t33?,37-/m0/s1. The van der Waals surface area contributed by atoms with Gasteiger partial charge in [0.1, 0.15) is 29.0 Å². The summed E-state index contributed by atoms with van der Waals surface area (Å²) >= 11 is 0. The number of hydrogen-bond acceptors (Lipinski definition) is 14. The lowest BCUT2D eigenvalue weighted by molar-refractivity contribution is -0.123. The van der Waals surface area contributed by atoms with Gasteiger partial charge in [-0.1, -0.05) is 57.1 Å². The van der Waals surface area contributed by atoms with Gasteiger partial charge in [-0.2, -0.15) is 0 Å². The molecule has 1 saturated heterocycles. The molecule has 3 amide bonds. The Balaban J connectivity index is 1.03. The van der Waals surface area contributed by atoms with Crippen LogP contribution in [-0.2, 0) is 17.8 Å². The van der Waals surface area contributed by atoms with E-state index in [1.165, 1.54) is 29.2 Å². The minimum atomic E-state index is -1.80. The summed E-state index contributed by atoms with van der Waals surface area (Å²) in [5.41, 5.74) is 3.16. The summed E-state index contributed by atoms with van der Waals surface area (Å²) in [7, 11) is -1.80. The molecule has 3 aromatic carbocycles. The van der Waals surface area contributed by atoms with E-state index in [0.717, 1.165) is 5.56 Å². The first-order chi connectivity index (χ1) is 29.2. The molecule has 0 radical (unpaired) electrons. The maximum Gasteiger partial charge on any atom is 0.475 e. The average molecular weight is 836 g/mol. The van der Waals surface area contributed by atoms with E-state index in [1.807, 2.05) is 52.0 Å². The van der Waals surface area contributed by atoms with Crippen molar-refractivity contribution in [1.29, 1.82) is 0 Å². The Morgan fingerprint density at radius 2 is 1.52 bits per heavy atom. The first kappa shape index (κ1) is 44.0. The van der Waals surface area contributed by atoms with Crippen LogP contribution < -0.4 is 15.4 Å². The zero-order valence-corrected chi connectivity index (χ0v) is 34.3. The highest BCUT2D eigenvalue weighted by molar-refractivity contribution is 6.43. The van der Waals surface area contributed by atoms with Gasteiger partial charge in [-0.15, -0.1) is 5.10 Å². The second-order valence-electron chi connectivity index (χ2n) is 15.7. The highest BCUT2D eigenvalue weighted by Crippen LogP contribution is 2.39. The molecule has 6 rings (SSSR count). The van der Waals surface area contributed by atoms with E-state index in [-0.39, 0.29) is 47.3 Å². The summed E-state index contributed by atoms with van der Waals surface area (Å²) in [4.78, 5) is 51.2. The number of phenolic OH excluding ortho intramolecular Hbond substituents is 2. The van der Waals surface area contributed by atoms with Gasteiger partial charge in [-0.3, -0.25) is 19.5 Å². The highest BCUT2D eigenvalue weighted by Gasteiger charge is 2.31. The number of phenols is 2. The van der Waals surface area contributed by atoms with Gasteiger partial charge >= 0.3 is 19.2 Å². The van der Waals surface area contributed by atoms with E-state index in [0.29, 0.717) is 67.3 Å². The second kappa shape index (κ2) is 19.7. The normalized spacial score (nSPS) is 14.1. The molecular weight excluding hydrogens is 785 g/mol. The van der Waals surface area contributed by atoms with Gasteiger partial charge in [-0.25, -0.2) is 14.3 Å². The van der Waals surface area contributed by atoms with Crippen molar-refractivity contribution in [3.05, 3.63) is 102 Å². The van der Waals surface area contributed by atoms with Gasteiger partial charge < -0.3 is 45.6 Å². The molecule has 3 heterocycles. The van der Waals surface area contributed by atoms with Crippen LogP contribution in [0.1, 0.15) is 67.2 Å². The fourth-order valence-corrected chi connectivity index (χ4v) is 7.02. The molecule has 0 saturated carbocycles. The van der Waals surface area contributed by atoms with Crippen molar-refractivity contribution in [3.8, 4) is 40.3 Å². The number of hydrogen-bond donors (Lipinski definition) is 7. The summed E-state index contributed by atoms with van der Waals surface area (Å²) < 4.78 is 7.09. The van der Waals surface area contributed by atoms with Gasteiger partial charge in [-0.05, 0) is 65.3 Å². The first-order valence-electron chi connectivity index (χ1n) is 20.0. The predicted molar refractivity (Wildman–Crippen MR) is 224 cm³/mol. The number of rotatable bonds is 15. The van der Waals surface area contributed by atoms with E-state index >= 15 is 0 Å². The van der Waals surface area contributed by atoms with Crippen molar-refractivity contribution < 1.29 is 44.5 Å². The van der Waals surface area contributed by atoms with Gasteiger partial charge in [0.25, 0.3) is 5.91 Å². The number of benzene rings is 3. The van der Waals surface area contributed by atoms with Crippen LogP contribution in [0.5, 0.6) is 23.3 Å². The maximum atomic E-state index is 13.4.